The van der Waals surface area contributed by atoms with Crippen molar-refractivity contribution in [2.45, 2.75) is 20.8 Å². The standard InChI is InChI=1S/C14H13ClN4.C2H6/c1-4-10-7-11(5-6-12(10)16-3)18-13-9(2)8-17-14(15)19-13;1-2/h4-8H,1,3H2,2H3,(H,17,18,19);1-2H3. The summed E-state index contributed by atoms with van der Waals surface area (Å²) in [6, 6.07) is 5.68. The maximum Gasteiger partial charge on any atom is 0.224 e. The first-order valence-corrected chi connectivity index (χ1v) is 7.01. The SMILES string of the molecule is C=Cc1cc(Nc2nc(Cl)ncc2C)ccc1N=C.CC. The van der Waals surface area contributed by atoms with Crippen molar-refractivity contribution in [3.05, 3.63) is 47.4 Å². The van der Waals surface area contributed by atoms with Gasteiger partial charge in [0.25, 0.3) is 0 Å². The average Bonchev–Trinajstić information content (AvgIpc) is 2.52. The minimum Gasteiger partial charge on any atom is -0.340 e. The molecule has 4 nitrogen and oxygen atoms in total. The molecule has 2 rings (SSSR count). The summed E-state index contributed by atoms with van der Waals surface area (Å²) in [7, 11) is 0. The Morgan fingerprint density at radius 2 is 2.05 bits per heavy atom. The Morgan fingerprint density at radius 1 is 1.33 bits per heavy atom. The molecule has 1 heterocycles. The van der Waals surface area contributed by atoms with Crippen LogP contribution in [0.5, 0.6) is 0 Å². The second kappa shape index (κ2) is 8.17. The Hall–Kier alpha value is -2.20. The summed E-state index contributed by atoms with van der Waals surface area (Å²) in [4.78, 5) is 12.0. The third kappa shape index (κ3) is 4.39. The summed E-state index contributed by atoms with van der Waals surface area (Å²) >= 11 is 5.79. The summed E-state index contributed by atoms with van der Waals surface area (Å²) in [6.07, 6.45) is 3.40. The van der Waals surface area contributed by atoms with E-state index >= 15 is 0 Å². The van der Waals surface area contributed by atoms with Crippen molar-refractivity contribution in [1.82, 2.24) is 9.97 Å². The third-order valence-electron chi connectivity index (χ3n) is 2.62. The predicted molar refractivity (Wildman–Crippen MR) is 92.2 cm³/mol. The third-order valence-corrected chi connectivity index (χ3v) is 2.80. The maximum absolute atomic E-state index is 5.79. The summed E-state index contributed by atoms with van der Waals surface area (Å²) < 4.78 is 0. The van der Waals surface area contributed by atoms with Gasteiger partial charge in [-0.05, 0) is 43.4 Å². The lowest BCUT2D eigenvalue weighted by Gasteiger charge is -2.10. The number of nitrogens with zero attached hydrogens (tertiary/aromatic N) is 3. The fourth-order valence-electron chi connectivity index (χ4n) is 1.62. The zero-order chi connectivity index (χ0) is 15.8. The van der Waals surface area contributed by atoms with Gasteiger partial charge in [-0.15, -0.1) is 0 Å². The molecule has 1 N–H and O–H groups in total. The molecular formula is C16H19ClN4. The molecule has 0 amide bonds. The first-order chi connectivity index (χ1) is 10.1. The van der Waals surface area contributed by atoms with Gasteiger partial charge in [0.05, 0.1) is 5.69 Å². The number of hydrogen-bond acceptors (Lipinski definition) is 4. The van der Waals surface area contributed by atoms with Gasteiger partial charge in [0.2, 0.25) is 5.28 Å². The van der Waals surface area contributed by atoms with Crippen molar-refractivity contribution in [2.75, 3.05) is 5.32 Å². The van der Waals surface area contributed by atoms with Gasteiger partial charge in [-0.3, -0.25) is 4.99 Å². The molecule has 5 heteroatoms. The van der Waals surface area contributed by atoms with Gasteiger partial charge in [0.15, 0.2) is 0 Å². The lowest BCUT2D eigenvalue weighted by Crippen LogP contribution is -1.98. The van der Waals surface area contributed by atoms with Crippen LogP contribution < -0.4 is 5.32 Å². The Balaban J connectivity index is 0.00000106. The summed E-state index contributed by atoms with van der Waals surface area (Å²) in [5.41, 5.74) is 3.48. The van der Waals surface area contributed by atoms with E-state index in [0.29, 0.717) is 5.82 Å². The van der Waals surface area contributed by atoms with Crippen molar-refractivity contribution in [1.29, 1.82) is 0 Å². The number of hydrogen-bond donors (Lipinski definition) is 1. The van der Waals surface area contributed by atoms with Crippen molar-refractivity contribution < 1.29 is 0 Å². The fourth-order valence-corrected chi connectivity index (χ4v) is 1.76. The highest BCUT2D eigenvalue weighted by Crippen LogP contribution is 2.26. The number of anilines is 2. The van der Waals surface area contributed by atoms with Crippen molar-refractivity contribution in [2.24, 2.45) is 4.99 Å². The normalized spacial score (nSPS) is 9.33. The Morgan fingerprint density at radius 3 is 2.67 bits per heavy atom. The molecule has 0 bridgehead atoms. The Labute approximate surface area is 130 Å². The van der Waals surface area contributed by atoms with Crippen molar-refractivity contribution in [3.8, 4) is 0 Å². The lowest BCUT2D eigenvalue weighted by atomic mass is 10.1. The molecule has 0 radical (unpaired) electrons. The van der Waals surface area contributed by atoms with Crippen LogP contribution in [0.4, 0.5) is 17.2 Å². The zero-order valence-electron chi connectivity index (χ0n) is 12.5. The number of aliphatic imine (C=N–C) groups is 1. The molecule has 1 aromatic carbocycles. The maximum atomic E-state index is 5.79. The minimum absolute atomic E-state index is 0.210. The molecule has 21 heavy (non-hydrogen) atoms. The van der Waals surface area contributed by atoms with Crippen molar-refractivity contribution in [3.63, 3.8) is 0 Å². The van der Waals surface area contributed by atoms with Crippen LogP contribution in [-0.4, -0.2) is 16.7 Å². The molecule has 0 saturated heterocycles. The molecule has 0 unspecified atom stereocenters. The van der Waals surface area contributed by atoms with E-state index in [1.807, 2.05) is 39.0 Å². The van der Waals surface area contributed by atoms with E-state index in [9.17, 15) is 0 Å². The lowest BCUT2D eigenvalue weighted by molar-refractivity contribution is 1.13. The van der Waals surface area contributed by atoms with Gasteiger partial charge in [0.1, 0.15) is 5.82 Å². The highest BCUT2D eigenvalue weighted by molar-refractivity contribution is 6.28. The van der Waals surface area contributed by atoms with Gasteiger partial charge in [-0.25, -0.2) is 9.97 Å². The first kappa shape index (κ1) is 16.9. The molecule has 1 aromatic heterocycles. The van der Waals surface area contributed by atoms with Crippen LogP contribution >= 0.6 is 11.6 Å². The monoisotopic (exact) mass is 302 g/mol. The number of aromatic nitrogens is 2. The Bertz CT molecular complexity index is 638. The molecule has 0 aliphatic rings. The number of benzene rings is 1. The molecule has 110 valence electrons. The molecule has 0 spiro atoms. The fraction of sp³-hybridized carbons (Fsp3) is 0.188. The minimum atomic E-state index is 0.210. The average molecular weight is 303 g/mol. The summed E-state index contributed by atoms with van der Waals surface area (Å²) in [6.45, 7) is 13.2. The predicted octanol–water partition coefficient (Wildman–Crippen LogP) is 5.18. The second-order valence-electron chi connectivity index (χ2n) is 3.93. The second-order valence-corrected chi connectivity index (χ2v) is 4.27. The van der Waals surface area contributed by atoms with Gasteiger partial charge < -0.3 is 5.32 Å². The van der Waals surface area contributed by atoms with Crippen LogP contribution in [0.2, 0.25) is 5.28 Å². The van der Waals surface area contributed by atoms with Crippen molar-refractivity contribution >= 4 is 41.6 Å². The number of aryl methyl sites for hydroxylation is 1. The first-order valence-electron chi connectivity index (χ1n) is 6.63. The highest BCUT2D eigenvalue weighted by atomic mass is 35.5. The van der Waals surface area contributed by atoms with Gasteiger partial charge in [0, 0.05) is 23.0 Å². The summed E-state index contributed by atoms with van der Waals surface area (Å²) in [5, 5.41) is 3.40. The van der Waals surface area contributed by atoms with E-state index in [-0.39, 0.29) is 5.28 Å². The van der Waals surface area contributed by atoms with E-state index in [1.165, 1.54) is 0 Å². The summed E-state index contributed by atoms with van der Waals surface area (Å²) in [5.74, 6) is 0.675. The van der Waals surface area contributed by atoms with Crippen LogP contribution in [0.15, 0.2) is 36.0 Å². The van der Waals surface area contributed by atoms with Crippen LogP contribution in [0.3, 0.4) is 0 Å². The quantitative estimate of drug-likeness (QED) is 0.625. The van der Waals surface area contributed by atoms with Gasteiger partial charge >= 0.3 is 0 Å². The molecule has 2 aromatic rings. The smallest absolute Gasteiger partial charge is 0.224 e. The highest BCUT2D eigenvalue weighted by Gasteiger charge is 2.04. The van der Waals surface area contributed by atoms with E-state index in [1.54, 1.807) is 12.3 Å². The largest absolute Gasteiger partial charge is 0.340 e. The number of rotatable bonds is 4. The van der Waals surface area contributed by atoms with E-state index in [2.05, 4.69) is 33.6 Å². The van der Waals surface area contributed by atoms with E-state index < -0.39 is 0 Å². The zero-order valence-corrected chi connectivity index (χ0v) is 13.3. The molecular weight excluding hydrogens is 284 g/mol. The van der Waals surface area contributed by atoms with Crippen LogP contribution in [0.25, 0.3) is 6.08 Å². The van der Waals surface area contributed by atoms with Gasteiger partial charge in [-0.1, -0.05) is 26.5 Å². The molecule has 0 fully saturated rings. The number of halogens is 1. The Kier molecular flexibility index (Phi) is 6.56. The number of nitrogens with one attached hydrogen (secondary N) is 1. The van der Waals surface area contributed by atoms with E-state index in [4.69, 9.17) is 11.6 Å². The van der Waals surface area contributed by atoms with Gasteiger partial charge in [-0.2, -0.15) is 0 Å². The topological polar surface area (TPSA) is 50.2 Å². The molecule has 0 saturated carbocycles. The molecule has 0 atom stereocenters. The molecule has 0 aliphatic heterocycles. The van der Waals surface area contributed by atoms with Crippen LogP contribution in [0, 0.1) is 6.92 Å². The van der Waals surface area contributed by atoms with Crippen LogP contribution in [0.1, 0.15) is 25.0 Å². The van der Waals surface area contributed by atoms with Crippen LogP contribution in [-0.2, 0) is 0 Å². The van der Waals surface area contributed by atoms with E-state index in [0.717, 1.165) is 22.5 Å². The molecule has 0 aliphatic carbocycles.